The number of carbonyl (C=O) groups excluding carboxylic acids is 2. The molecule has 0 aliphatic heterocycles. The van der Waals surface area contributed by atoms with Crippen LogP contribution in [0.5, 0.6) is 0 Å². The minimum Gasteiger partial charge on any atom is -0.400 e. The van der Waals surface area contributed by atoms with Crippen LogP contribution >= 0.6 is 46.0 Å². The number of hydrogen-bond donors (Lipinski definition) is 8. The number of thioether (sulfide) groups is 1. The van der Waals surface area contributed by atoms with Gasteiger partial charge in [0.2, 0.25) is 10.3 Å². The van der Waals surface area contributed by atoms with Crippen molar-refractivity contribution in [2.75, 3.05) is 78.7 Å². The third-order valence-electron chi connectivity index (χ3n) is 9.10. The van der Waals surface area contributed by atoms with Gasteiger partial charge in [0.1, 0.15) is 16.3 Å². The molecule has 0 saturated heterocycles. The highest BCUT2D eigenvalue weighted by Gasteiger charge is 2.19. The van der Waals surface area contributed by atoms with Crippen molar-refractivity contribution in [2.45, 2.75) is 11.7 Å². The molecule has 67 heavy (non-hydrogen) atoms. The number of nitrogens with two attached hydrogens (primary N) is 5. The molecule has 0 unspecified atom stereocenters. The van der Waals surface area contributed by atoms with Crippen LogP contribution < -0.4 is 55.0 Å². The topological polar surface area (TPSA) is 296 Å². The van der Waals surface area contributed by atoms with Crippen molar-refractivity contribution in [1.29, 1.82) is 0 Å². The maximum Gasteiger partial charge on any atom is 0.263 e. The van der Waals surface area contributed by atoms with Crippen LogP contribution in [0.2, 0.25) is 5.02 Å². The van der Waals surface area contributed by atoms with E-state index in [9.17, 15) is 9.59 Å². The van der Waals surface area contributed by atoms with E-state index in [1.807, 2.05) is 78.2 Å². The summed E-state index contributed by atoms with van der Waals surface area (Å²) < 4.78 is 5.68. The number of nitrogens with one attached hydrogen (secondary N) is 3. The monoisotopic (exact) mass is 983 g/mol. The SMILES string of the molecule is CN(/N=C(\C(C=O)=N/Nc1ncc(C(=O)NCCOCCN(N)/C=C(\N)CSc2nc(NCCN)c(N)c(N(N)Cc3ccc(Cl)cc3)n2)s1)c1ccccc1)c1nc(-c2ccccc2)cs1. The van der Waals surface area contributed by atoms with Crippen LogP contribution in [0.1, 0.15) is 20.8 Å². The molecule has 1 amide bonds. The Balaban J connectivity index is 0.951. The Hall–Kier alpha value is -6.70. The van der Waals surface area contributed by atoms with Gasteiger partial charge in [-0.25, -0.2) is 36.6 Å². The molecule has 0 spiro atoms. The normalized spacial score (nSPS) is 11.9. The van der Waals surface area contributed by atoms with E-state index < -0.39 is 0 Å². The summed E-state index contributed by atoms with van der Waals surface area (Å²) in [6.07, 6.45) is 3.61. The van der Waals surface area contributed by atoms with E-state index in [-0.39, 0.29) is 37.1 Å². The van der Waals surface area contributed by atoms with E-state index in [1.54, 1.807) is 30.4 Å². The number of anilines is 5. The molecule has 6 rings (SSSR count). The first-order valence-electron chi connectivity index (χ1n) is 20.5. The average molecular weight is 985 g/mol. The van der Waals surface area contributed by atoms with Crippen molar-refractivity contribution in [3.8, 4) is 11.3 Å². The second kappa shape index (κ2) is 25.3. The van der Waals surface area contributed by atoms with Gasteiger partial charge in [0.25, 0.3) is 5.91 Å². The zero-order valence-electron chi connectivity index (χ0n) is 36.3. The lowest BCUT2D eigenvalue weighted by Crippen LogP contribution is -2.32. The predicted octanol–water partition coefficient (Wildman–Crippen LogP) is 4.57. The highest BCUT2D eigenvalue weighted by atomic mass is 35.5. The van der Waals surface area contributed by atoms with Gasteiger partial charge in [0, 0.05) is 65.9 Å². The van der Waals surface area contributed by atoms with Crippen molar-refractivity contribution >= 4 is 97.2 Å². The maximum absolute atomic E-state index is 12.9. The number of aromatic nitrogens is 4. The standard InChI is InChI=1S/C43H50ClN17O3S3/c1-59(43-53-34(27-66-43)29-8-4-2-5-9-29)58-37(30-10-6-3-7-11-30)33(25-62)56-57-41-52-22-35(67-41)40(63)51-18-20-64-21-19-60(48)24-32(46)26-65-42-54-38(50-17-16-45)36(47)39(55-42)61(49)23-28-12-14-31(44)15-13-28/h2-15,22,24-25,27H,16-21,23,26,45-49H2,1H3,(H,51,63)(H,52,57)(H,50,54,55)/b32-24-,56-33-,58-37-. The maximum atomic E-state index is 12.9. The molecule has 0 aliphatic rings. The number of aldehydes is 1. The quantitative estimate of drug-likeness (QED) is 0.00741. The fourth-order valence-electron chi connectivity index (χ4n) is 5.84. The summed E-state index contributed by atoms with van der Waals surface area (Å²) in [6.45, 7) is 2.17. The Kier molecular flexibility index (Phi) is 18.8. The summed E-state index contributed by atoms with van der Waals surface area (Å²) in [4.78, 5) is 43.8. The zero-order valence-corrected chi connectivity index (χ0v) is 39.5. The van der Waals surface area contributed by atoms with Crippen LogP contribution in [-0.4, -0.2) is 101 Å². The summed E-state index contributed by atoms with van der Waals surface area (Å²) in [5, 5.41) is 23.3. The Morgan fingerprint density at radius 3 is 2.46 bits per heavy atom. The molecule has 0 atom stereocenters. The van der Waals surface area contributed by atoms with Crippen LogP contribution in [0, 0.1) is 0 Å². The summed E-state index contributed by atoms with van der Waals surface area (Å²) in [6, 6.07) is 26.3. The second-order valence-corrected chi connectivity index (χ2v) is 17.4. The lowest BCUT2D eigenvalue weighted by atomic mass is 10.1. The van der Waals surface area contributed by atoms with Crippen molar-refractivity contribution in [3.63, 3.8) is 0 Å². The Labute approximate surface area is 404 Å². The lowest BCUT2D eigenvalue weighted by Gasteiger charge is -2.22. The smallest absolute Gasteiger partial charge is 0.263 e. The van der Waals surface area contributed by atoms with Crippen LogP contribution in [-0.2, 0) is 16.1 Å². The molecule has 0 radical (unpaired) electrons. The highest BCUT2D eigenvalue weighted by molar-refractivity contribution is 7.99. The molecule has 13 N–H and O–H groups in total. The van der Waals surface area contributed by atoms with Crippen molar-refractivity contribution in [2.24, 2.45) is 33.4 Å². The molecule has 0 fully saturated rings. The summed E-state index contributed by atoms with van der Waals surface area (Å²) in [5.41, 5.74) is 25.6. The number of rotatable bonds is 25. The molecule has 3 heterocycles. The number of hydrazone groups is 2. The number of benzene rings is 3. The summed E-state index contributed by atoms with van der Waals surface area (Å²) in [5.74, 6) is 13.3. The molecule has 0 aliphatic carbocycles. The number of carbonyl (C=O) groups is 2. The first kappa shape index (κ1) is 49.7. The molecule has 3 aromatic carbocycles. The van der Waals surface area contributed by atoms with Gasteiger partial charge in [-0.1, -0.05) is 107 Å². The largest absolute Gasteiger partial charge is 0.400 e. The molecule has 3 aromatic heterocycles. The molecule has 0 saturated carbocycles. The molecule has 0 bridgehead atoms. The van der Waals surface area contributed by atoms with Crippen molar-refractivity contribution in [1.82, 2.24) is 30.3 Å². The summed E-state index contributed by atoms with van der Waals surface area (Å²) >= 11 is 9.80. The fraction of sp³-hybridized carbons (Fsp3) is 0.209. The molecule has 20 nitrogen and oxygen atoms in total. The van der Waals surface area contributed by atoms with E-state index in [4.69, 9.17) is 55.3 Å². The Morgan fingerprint density at radius 1 is 0.985 bits per heavy atom. The number of amides is 1. The van der Waals surface area contributed by atoms with E-state index in [2.05, 4.69) is 36.1 Å². The van der Waals surface area contributed by atoms with E-state index in [1.165, 1.54) is 39.3 Å². The average Bonchev–Trinajstić information content (AvgIpc) is 4.04. The number of halogens is 1. The van der Waals surface area contributed by atoms with Crippen molar-refractivity contribution in [3.05, 3.63) is 129 Å². The van der Waals surface area contributed by atoms with Gasteiger partial charge in [-0.05, 0) is 17.7 Å². The van der Waals surface area contributed by atoms with Gasteiger partial charge < -0.3 is 37.6 Å². The fourth-order valence-corrected chi connectivity index (χ4v) is 8.07. The first-order chi connectivity index (χ1) is 32.5. The molecule has 350 valence electrons. The van der Waals surface area contributed by atoms with Crippen LogP contribution in [0.25, 0.3) is 11.3 Å². The minimum atomic E-state index is -0.353. The van der Waals surface area contributed by atoms with E-state index in [0.717, 1.165) is 28.2 Å². The zero-order chi connectivity index (χ0) is 47.5. The molecular formula is C43H50ClN17O3S3. The summed E-state index contributed by atoms with van der Waals surface area (Å²) in [7, 11) is 1.75. The number of nitrogens with zero attached hydrogens (tertiary/aromatic N) is 9. The minimum absolute atomic E-state index is 0.0164. The number of nitrogen functional groups attached to an aromatic ring is 1. The van der Waals surface area contributed by atoms with Gasteiger partial charge in [-0.15, -0.1) is 11.3 Å². The molecule has 24 heteroatoms. The second-order valence-electron chi connectivity index (χ2n) is 14.1. The van der Waals surface area contributed by atoms with Crippen LogP contribution in [0.3, 0.4) is 0 Å². The number of thiazole rings is 2. The molecular weight excluding hydrogens is 934 g/mol. The third-order valence-corrected chi connectivity index (χ3v) is 12.1. The van der Waals surface area contributed by atoms with Gasteiger partial charge in [0.15, 0.2) is 28.8 Å². The Bertz CT molecular complexity index is 2630. The molecule has 6 aromatic rings. The van der Waals surface area contributed by atoms with Gasteiger partial charge in [-0.2, -0.15) is 10.2 Å². The highest BCUT2D eigenvalue weighted by Crippen LogP contribution is 2.31. The van der Waals surface area contributed by atoms with Crippen LogP contribution in [0.15, 0.2) is 124 Å². The predicted molar refractivity (Wildman–Crippen MR) is 271 cm³/mol. The number of hydrazine groups is 2. The van der Waals surface area contributed by atoms with E-state index in [0.29, 0.717) is 92.1 Å². The van der Waals surface area contributed by atoms with Crippen molar-refractivity contribution < 1.29 is 14.3 Å². The van der Waals surface area contributed by atoms with E-state index >= 15 is 0 Å². The number of hydrogen-bond acceptors (Lipinski definition) is 22. The third kappa shape index (κ3) is 14.9. The number of ether oxygens (including phenoxy) is 1. The van der Waals surface area contributed by atoms with Gasteiger partial charge >= 0.3 is 0 Å². The van der Waals surface area contributed by atoms with Gasteiger partial charge in [0.05, 0.1) is 38.2 Å². The van der Waals surface area contributed by atoms with Gasteiger partial charge in [-0.3, -0.25) is 20.0 Å². The van der Waals surface area contributed by atoms with Crippen LogP contribution in [0.4, 0.5) is 27.6 Å². The first-order valence-corrected chi connectivity index (χ1v) is 23.5. The Morgan fingerprint density at radius 2 is 1.73 bits per heavy atom. The lowest BCUT2D eigenvalue weighted by molar-refractivity contribution is -0.102.